The van der Waals surface area contributed by atoms with E-state index in [4.69, 9.17) is 0 Å². The molecule has 0 aliphatic carbocycles. The largest absolute Gasteiger partial charge is 0.341 e. The average molecular weight is 404 g/mol. The Hall–Kier alpha value is -2.46. The third kappa shape index (κ3) is 4.17. The molecule has 0 amide bonds. The van der Waals surface area contributed by atoms with Gasteiger partial charge in [0.25, 0.3) is 10.0 Å². The van der Waals surface area contributed by atoms with Gasteiger partial charge in [0, 0.05) is 26.2 Å². The van der Waals surface area contributed by atoms with Crippen LogP contribution in [0.3, 0.4) is 0 Å². The van der Waals surface area contributed by atoms with Crippen LogP contribution in [0.15, 0.2) is 29.2 Å². The summed E-state index contributed by atoms with van der Waals surface area (Å²) < 4.78 is 25.1. The van der Waals surface area contributed by atoms with Crippen LogP contribution in [-0.2, 0) is 10.0 Å². The number of nitrogens with zero attached hydrogens (tertiary/aromatic N) is 5. The standard InChI is InChI=1S/C18H25N7O2S/c1-14-6-8-15(9-7-14)28(26,27)23-22-16-19-17(24-10-2-3-11-24)21-18(20-16)25-12-4-5-13-25/h6-9,23H,2-5,10-13H2,1H3,(H,19,20,21,22). The summed E-state index contributed by atoms with van der Waals surface area (Å²) in [5.41, 5.74) is 3.67. The molecule has 0 bridgehead atoms. The number of nitrogens with one attached hydrogen (secondary N) is 2. The third-order valence-corrected chi connectivity index (χ3v) is 6.28. The minimum absolute atomic E-state index is 0.180. The molecule has 10 heteroatoms. The van der Waals surface area contributed by atoms with Crippen molar-refractivity contribution in [2.24, 2.45) is 0 Å². The molecule has 1 aromatic heterocycles. The highest BCUT2D eigenvalue weighted by molar-refractivity contribution is 7.89. The normalized spacial score (nSPS) is 17.3. The predicted octanol–water partition coefficient (Wildman–Crippen LogP) is 1.69. The number of sulfonamides is 1. The Kier molecular flexibility index (Phi) is 5.31. The van der Waals surface area contributed by atoms with Gasteiger partial charge in [-0.3, -0.25) is 5.43 Å². The number of hydrazine groups is 1. The van der Waals surface area contributed by atoms with E-state index in [0.29, 0.717) is 11.9 Å². The van der Waals surface area contributed by atoms with Gasteiger partial charge in [0.1, 0.15) is 0 Å². The molecule has 150 valence electrons. The molecular formula is C18H25N7O2S. The molecule has 0 saturated carbocycles. The van der Waals surface area contributed by atoms with Gasteiger partial charge in [-0.15, -0.1) is 4.83 Å². The first-order valence-electron chi connectivity index (χ1n) is 9.62. The van der Waals surface area contributed by atoms with Crippen LogP contribution in [0.4, 0.5) is 17.8 Å². The number of hydrogen-bond donors (Lipinski definition) is 2. The quantitative estimate of drug-likeness (QED) is 0.703. The molecular weight excluding hydrogens is 378 g/mol. The van der Waals surface area contributed by atoms with Gasteiger partial charge in [0.15, 0.2) is 0 Å². The van der Waals surface area contributed by atoms with E-state index in [9.17, 15) is 8.42 Å². The molecule has 2 saturated heterocycles. The minimum Gasteiger partial charge on any atom is -0.341 e. The molecule has 28 heavy (non-hydrogen) atoms. The van der Waals surface area contributed by atoms with E-state index in [0.717, 1.165) is 57.4 Å². The molecule has 3 heterocycles. The van der Waals surface area contributed by atoms with Gasteiger partial charge >= 0.3 is 0 Å². The van der Waals surface area contributed by atoms with Crippen molar-refractivity contribution in [1.29, 1.82) is 0 Å². The van der Waals surface area contributed by atoms with Crippen molar-refractivity contribution in [3.63, 3.8) is 0 Å². The summed E-state index contributed by atoms with van der Waals surface area (Å²) in [6.07, 6.45) is 4.42. The van der Waals surface area contributed by atoms with Gasteiger partial charge in [-0.1, -0.05) is 17.7 Å². The topological polar surface area (TPSA) is 103 Å². The maximum Gasteiger partial charge on any atom is 0.257 e. The van der Waals surface area contributed by atoms with E-state index in [-0.39, 0.29) is 10.8 Å². The van der Waals surface area contributed by atoms with Crippen LogP contribution in [-0.4, -0.2) is 49.5 Å². The zero-order valence-electron chi connectivity index (χ0n) is 15.9. The highest BCUT2D eigenvalue weighted by atomic mass is 32.2. The lowest BCUT2D eigenvalue weighted by atomic mass is 10.2. The first kappa shape index (κ1) is 18.9. The van der Waals surface area contributed by atoms with Gasteiger partial charge in [0.2, 0.25) is 17.8 Å². The van der Waals surface area contributed by atoms with E-state index < -0.39 is 10.0 Å². The van der Waals surface area contributed by atoms with E-state index in [1.165, 1.54) is 0 Å². The summed E-state index contributed by atoms with van der Waals surface area (Å²) >= 11 is 0. The maximum absolute atomic E-state index is 12.5. The Balaban J connectivity index is 1.56. The smallest absolute Gasteiger partial charge is 0.257 e. The highest BCUT2D eigenvalue weighted by Crippen LogP contribution is 2.22. The summed E-state index contributed by atoms with van der Waals surface area (Å²) in [7, 11) is -3.73. The summed E-state index contributed by atoms with van der Waals surface area (Å²) in [5.74, 6) is 1.38. The Morgan fingerprint density at radius 3 is 1.82 bits per heavy atom. The Bertz CT molecular complexity index is 887. The Labute approximate surface area is 165 Å². The van der Waals surface area contributed by atoms with Crippen molar-refractivity contribution in [3.05, 3.63) is 29.8 Å². The molecule has 2 aliphatic heterocycles. The van der Waals surface area contributed by atoms with Crippen molar-refractivity contribution < 1.29 is 8.42 Å². The van der Waals surface area contributed by atoms with Gasteiger partial charge in [-0.2, -0.15) is 15.0 Å². The lowest BCUT2D eigenvalue weighted by molar-refractivity contribution is 0.587. The number of anilines is 3. The molecule has 2 aliphatic rings. The monoisotopic (exact) mass is 403 g/mol. The minimum atomic E-state index is -3.73. The Morgan fingerprint density at radius 2 is 1.32 bits per heavy atom. The van der Waals surface area contributed by atoms with Gasteiger partial charge in [0.05, 0.1) is 4.90 Å². The molecule has 0 unspecified atom stereocenters. The fourth-order valence-corrected chi connectivity index (χ4v) is 4.25. The molecule has 2 N–H and O–H groups in total. The number of benzene rings is 1. The van der Waals surface area contributed by atoms with Crippen molar-refractivity contribution in [3.8, 4) is 0 Å². The zero-order chi connectivity index (χ0) is 19.6. The summed E-state index contributed by atoms with van der Waals surface area (Å²) in [4.78, 5) is 20.3. The summed E-state index contributed by atoms with van der Waals surface area (Å²) in [6.45, 7) is 5.51. The third-order valence-electron chi connectivity index (χ3n) is 5.02. The average Bonchev–Trinajstić information content (AvgIpc) is 3.40. The molecule has 0 radical (unpaired) electrons. The number of aromatic nitrogens is 3. The molecule has 0 atom stereocenters. The van der Waals surface area contributed by atoms with E-state index >= 15 is 0 Å². The van der Waals surface area contributed by atoms with Crippen molar-refractivity contribution in [2.75, 3.05) is 41.4 Å². The number of hydrogen-bond acceptors (Lipinski definition) is 8. The summed E-state index contributed by atoms with van der Waals surface area (Å²) in [6, 6.07) is 6.65. The lowest BCUT2D eigenvalue weighted by Gasteiger charge is -2.20. The zero-order valence-corrected chi connectivity index (χ0v) is 16.7. The van der Waals surface area contributed by atoms with Crippen LogP contribution in [0.5, 0.6) is 0 Å². The first-order valence-corrected chi connectivity index (χ1v) is 11.1. The predicted molar refractivity (Wildman–Crippen MR) is 108 cm³/mol. The Morgan fingerprint density at radius 1 is 0.821 bits per heavy atom. The van der Waals surface area contributed by atoms with Crippen molar-refractivity contribution >= 4 is 27.9 Å². The van der Waals surface area contributed by atoms with Crippen LogP contribution >= 0.6 is 0 Å². The van der Waals surface area contributed by atoms with E-state index in [1.807, 2.05) is 6.92 Å². The van der Waals surface area contributed by atoms with Crippen LogP contribution in [0.1, 0.15) is 31.2 Å². The van der Waals surface area contributed by atoms with Crippen molar-refractivity contribution in [2.45, 2.75) is 37.5 Å². The van der Waals surface area contributed by atoms with Gasteiger partial charge < -0.3 is 9.80 Å². The summed E-state index contributed by atoms with van der Waals surface area (Å²) in [5, 5.41) is 0. The highest BCUT2D eigenvalue weighted by Gasteiger charge is 2.22. The van der Waals surface area contributed by atoms with E-state index in [1.54, 1.807) is 24.3 Å². The molecule has 4 rings (SSSR count). The van der Waals surface area contributed by atoms with E-state index in [2.05, 4.69) is 35.0 Å². The molecule has 1 aromatic carbocycles. The molecule has 9 nitrogen and oxygen atoms in total. The van der Waals surface area contributed by atoms with Crippen LogP contribution in [0.2, 0.25) is 0 Å². The van der Waals surface area contributed by atoms with Crippen molar-refractivity contribution in [1.82, 2.24) is 19.8 Å². The lowest BCUT2D eigenvalue weighted by Crippen LogP contribution is -2.32. The maximum atomic E-state index is 12.5. The number of rotatable bonds is 6. The van der Waals surface area contributed by atoms with Crippen LogP contribution < -0.4 is 20.1 Å². The van der Waals surface area contributed by atoms with Crippen LogP contribution in [0, 0.1) is 6.92 Å². The first-order chi connectivity index (χ1) is 13.5. The molecule has 2 aromatic rings. The fourth-order valence-electron chi connectivity index (χ4n) is 3.42. The second-order valence-electron chi connectivity index (χ2n) is 7.19. The molecule has 0 spiro atoms. The van der Waals surface area contributed by atoms with Gasteiger partial charge in [-0.05, 0) is 44.7 Å². The SMILES string of the molecule is Cc1ccc(S(=O)(=O)NNc2nc(N3CCCC3)nc(N3CCCC3)n2)cc1. The van der Waals surface area contributed by atoms with Gasteiger partial charge in [-0.25, -0.2) is 8.42 Å². The molecule has 2 fully saturated rings. The van der Waals surface area contributed by atoms with Crippen LogP contribution in [0.25, 0.3) is 0 Å². The second-order valence-corrected chi connectivity index (χ2v) is 8.87. The number of aryl methyl sites for hydroxylation is 1. The fraction of sp³-hybridized carbons (Fsp3) is 0.500. The second kappa shape index (κ2) is 7.88.